The van der Waals surface area contributed by atoms with E-state index in [4.69, 9.17) is 0 Å². The first-order chi connectivity index (χ1) is 7.32. The van der Waals surface area contributed by atoms with Crippen LogP contribution in [0, 0.1) is 0 Å². The van der Waals surface area contributed by atoms with Gasteiger partial charge >= 0.3 is 0 Å². The predicted octanol–water partition coefficient (Wildman–Crippen LogP) is -0.370. The second kappa shape index (κ2) is 5.14. The minimum atomic E-state index is -3.29. The molecule has 5 nitrogen and oxygen atoms in total. The van der Waals surface area contributed by atoms with E-state index in [1.165, 1.54) is 11.8 Å². The summed E-state index contributed by atoms with van der Waals surface area (Å²) in [6.07, 6.45) is 3.26. The van der Waals surface area contributed by atoms with Crippen molar-refractivity contribution in [1.82, 2.24) is 10.2 Å². The lowest BCUT2D eigenvalue weighted by Crippen LogP contribution is -2.44. The molecule has 0 aromatic rings. The molecule has 0 aliphatic carbocycles. The number of rotatable bonds is 4. The van der Waals surface area contributed by atoms with Crippen LogP contribution in [0.2, 0.25) is 0 Å². The van der Waals surface area contributed by atoms with Crippen molar-refractivity contribution in [3.8, 4) is 0 Å². The van der Waals surface area contributed by atoms with E-state index in [-0.39, 0.29) is 5.91 Å². The van der Waals surface area contributed by atoms with Crippen LogP contribution in [0.1, 0.15) is 19.8 Å². The number of hydrogen-bond acceptors (Lipinski definition) is 4. The molecule has 1 amide bonds. The fraction of sp³-hybridized carbons (Fsp3) is 0.900. The van der Waals surface area contributed by atoms with E-state index in [1.54, 1.807) is 7.05 Å². The van der Waals surface area contributed by atoms with Gasteiger partial charge in [-0.3, -0.25) is 4.79 Å². The second-order valence-corrected chi connectivity index (χ2v) is 6.85. The molecule has 2 atom stereocenters. The smallest absolute Gasteiger partial charge is 0.240 e. The Morgan fingerprint density at radius 2 is 2.19 bits per heavy atom. The first-order valence-electron chi connectivity index (χ1n) is 5.49. The molecule has 94 valence electrons. The highest BCUT2D eigenvalue weighted by Gasteiger charge is 2.28. The number of hydrogen-bond donors (Lipinski definition) is 1. The van der Waals surface area contributed by atoms with Crippen molar-refractivity contribution in [2.24, 2.45) is 0 Å². The quantitative estimate of drug-likeness (QED) is 0.737. The summed E-state index contributed by atoms with van der Waals surface area (Å²) in [5.74, 6) is -0.323. The van der Waals surface area contributed by atoms with Gasteiger partial charge in [-0.25, -0.2) is 8.42 Å². The maximum atomic E-state index is 11.8. The minimum absolute atomic E-state index is 0.306. The third-order valence-electron chi connectivity index (χ3n) is 3.02. The largest absolute Gasteiger partial charge is 0.343 e. The van der Waals surface area contributed by atoms with Crippen LogP contribution >= 0.6 is 0 Å². The minimum Gasteiger partial charge on any atom is -0.343 e. The Balaban J connectivity index is 2.53. The Kier molecular flexibility index (Phi) is 4.32. The molecule has 1 aliphatic rings. The van der Waals surface area contributed by atoms with Crippen molar-refractivity contribution in [2.45, 2.75) is 31.1 Å². The molecule has 0 aromatic heterocycles. The van der Waals surface area contributed by atoms with Crippen molar-refractivity contribution >= 4 is 15.7 Å². The lowest BCUT2D eigenvalue weighted by molar-refractivity contribution is -0.129. The van der Waals surface area contributed by atoms with Crippen molar-refractivity contribution in [3.05, 3.63) is 0 Å². The Morgan fingerprint density at radius 1 is 1.56 bits per heavy atom. The highest BCUT2D eigenvalue weighted by Crippen LogP contribution is 2.08. The van der Waals surface area contributed by atoms with Crippen molar-refractivity contribution in [2.75, 3.05) is 26.4 Å². The van der Waals surface area contributed by atoms with E-state index in [0.717, 1.165) is 25.6 Å². The van der Waals surface area contributed by atoms with Crippen molar-refractivity contribution < 1.29 is 13.2 Å². The van der Waals surface area contributed by atoms with Crippen molar-refractivity contribution in [1.29, 1.82) is 0 Å². The molecular formula is C10H20N2O3S. The van der Waals surface area contributed by atoms with Gasteiger partial charge < -0.3 is 10.2 Å². The predicted molar refractivity (Wildman–Crippen MR) is 63.0 cm³/mol. The summed E-state index contributed by atoms with van der Waals surface area (Å²) in [5.41, 5.74) is 0. The van der Waals surface area contributed by atoms with Gasteiger partial charge in [0.1, 0.15) is 5.25 Å². The van der Waals surface area contributed by atoms with Crippen LogP contribution < -0.4 is 5.32 Å². The highest BCUT2D eigenvalue weighted by molar-refractivity contribution is 7.92. The number of likely N-dealkylation sites (N-methyl/N-ethyl adjacent to an activating group) is 1. The maximum absolute atomic E-state index is 11.8. The molecule has 1 aliphatic heterocycles. The van der Waals surface area contributed by atoms with Gasteiger partial charge in [-0.05, 0) is 26.3 Å². The lowest BCUT2D eigenvalue weighted by atomic mass is 10.2. The van der Waals surface area contributed by atoms with Gasteiger partial charge in [0.25, 0.3) is 0 Å². The fourth-order valence-electron chi connectivity index (χ4n) is 1.83. The van der Waals surface area contributed by atoms with Crippen LogP contribution in [0.25, 0.3) is 0 Å². The first-order valence-corrected chi connectivity index (χ1v) is 7.45. The molecule has 2 unspecified atom stereocenters. The Bertz CT molecular complexity index is 347. The summed E-state index contributed by atoms with van der Waals surface area (Å²) in [5, 5.41) is 2.33. The summed E-state index contributed by atoms with van der Waals surface area (Å²) >= 11 is 0. The van der Waals surface area contributed by atoms with Crippen LogP contribution in [0.15, 0.2) is 0 Å². The van der Waals surface area contributed by atoms with E-state index in [1.807, 2.05) is 0 Å². The van der Waals surface area contributed by atoms with Gasteiger partial charge in [0.15, 0.2) is 9.84 Å². The number of nitrogens with one attached hydrogen (secondary N) is 1. The van der Waals surface area contributed by atoms with Crippen LogP contribution in [0.4, 0.5) is 0 Å². The zero-order chi connectivity index (χ0) is 12.3. The number of amides is 1. The third-order valence-corrected chi connectivity index (χ3v) is 4.51. The van der Waals surface area contributed by atoms with E-state index in [9.17, 15) is 13.2 Å². The molecule has 1 rings (SSSR count). The molecule has 1 fully saturated rings. The van der Waals surface area contributed by atoms with Gasteiger partial charge in [-0.2, -0.15) is 0 Å². The summed E-state index contributed by atoms with van der Waals surface area (Å²) in [6, 6.07) is 0.306. The molecule has 6 heteroatoms. The van der Waals surface area contributed by atoms with E-state index < -0.39 is 15.1 Å². The normalized spacial score (nSPS) is 23.1. The molecular weight excluding hydrogens is 228 g/mol. The van der Waals surface area contributed by atoms with Gasteiger partial charge in [0.2, 0.25) is 5.91 Å². The summed E-state index contributed by atoms with van der Waals surface area (Å²) < 4.78 is 22.5. The van der Waals surface area contributed by atoms with Gasteiger partial charge in [-0.15, -0.1) is 0 Å². The molecule has 0 radical (unpaired) electrons. The average Bonchev–Trinajstić information content (AvgIpc) is 2.66. The fourth-order valence-corrected chi connectivity index (χ4v) is 2.37. The molecule has 1 saturated heterocycles. The summed E-state index contributed by atoms with van der Waals surface area (Å²) in [7, 11) is -1.64. The Labute approximate surface area is 97.1 Å². The number of nitrogens with zero attached hydrogens (tertiary/aromatic N) is 1. The molecule has 16 heavy (non-hydrogen) atoms. The van der Waals surface area contributed by atoms with Gasteiger partial charge in [0, 0.05) is 25.9 Å². The molecule has 1 N–H and O–H groups in total. The monoisotopic (exact) mass is 248 g/mol. The summed E-state index contributed by atoms with van der Waals surface area (Å²) in [6.45, 7) is 3.00. The number of sulfone groups is 1. The molecule has 0 aromatic carbocycles. The van der Waals surface area contributed by atoms with Gasteiger partial charge in [-0.1, -0.05) is 0 Å². The van der Waals surface area contributed by atoms with Crippen LogP contribution in [-0.4, -0.2) is 56.9 Å². The molecule has 0 spiro atoms. The maximum Gasteiger partial charge on any atom is 0.240 e. The third kappa shape index (κ3) is 3.45. The summed E-state index contributed by atoms with van der Waals surface area (Å²) in [4.78, 5) is 13.3. The number of carbonyl (C=O) groups excluding carboxylic acids is 1. The van der Waals surface area contributed by atoms with Crippen LogP contribution in [-0.2, 0) is 14.6 Å². The average molecular weight is 248 g/mol. The van der Waals surface area contributed by atoms with Crippen molar-refractivity contribution in [3.63, 3.8) is 0 Å². The molecule has 0 bridgehead atoms. The van der Waals surface area contributed by atoms with Crippen LogP contribution in [0.3, 0.4) is 0 Å². The zero-order valence-corrected chi connectivity index (χ0v) is 10.9. The SMILES string of the molecule is CC(C(=O)N(C)CC1CCCN1)S(C)(=O)=O. The Hall–Kier alpha value is -0.620. The van der Waals surface area contributed by atoms with Gasteiger partial charge in [0.05, 0.1) is 0 Å². The van der Waals surface area contributed by atoms with E-state index in [2.05, 4.69) is 5.32 Å². The first kappa shape index (κ1) is 13.4. The topological polar surface area (TPSA) is 66.5 Å². The van der Waals surface area contributed by atoms with E-state index in [0.29, 0.717) is 12.6 Å². The molecule has 0 saturated carbocycles. The highest BCUT2D eigenvalue weighted by atomic mass is 32.2. The molecule has 1 heterocycles. The standard InChI is InChI=1S/C10H20N2O3S/c1-8(16(3,14)15)10(13)12(2)7-9-5-4-6-11-9/h8-9,11H,4-7H2,1-3H3. The van der Waals surface area contributed by atoms with Crippen LogP contribution in [0.5, 0.6) is 0 Å². The lowest BCUT2D eigenvalue weighted by Gasteiger charge is -2.23. The van der Waals surface area contributed by atoms with E-state index >= 15 is 0 Å². The Morgan fingerprint density at radius 3 is 2.62 bits per heavy atom. The second-order valence-electron chi connectivity index (χ2n) is 4.48. The number of carbonyl (C=O) groups is 1. The zero-order valence-electron chi connectivity index (χ0n) is 10.1.